The molecule has 0 radical (unpaired) electrons. The molecule has 130 valence electrons. The predicted octanol–water partition coefficient (Wildman–Crippen LogP) is 4.50. The number of ether oxygens (including phenoxy) is 2. The molecular formula is C22H30O2. The third-order valence-corrected chi connectivity index (χ3v) is 7.07. The molecule has 4 aliphatic carbocycles. The lowest BCUT2D eigenvalue weighted by atomic mass is 9.47. The van der Waals surface area contributed by atoms with Gasteiger partial charge in [-0.1, -0.05) is 24.3 Å². The average molecular weight is 326 g/mol. The summed E-state index contributed by atoms with van der Waals surface area (Å²) in [5, 5.41) is 0. The van der Waals surface area contributed by atoms with Crippen molar-refractivity contribution in [3.63, 3.8) is 0 Å². The van der Waals surface area contributed by atoms with Gasteiger partial charge < -0.3 is 9.47 Å². The molecule has 4 saturated carbocycles. The van der Waals surface area contributed by atoms with Crippen molar-refractivity contribution >= 4 is 0 Å². The average Bonchev–Trinajstić information content (AvgIpc) is 3.38. The molecule has 1 aromatic carbocycles. The number of benzene rings is 1. The van der Waals surface area contributed by atoms with Gasteiger partial charge in [-0.05, 0) is 85.7 Å². The maximum Gasteiger partial charge on any atom is 0.104 e. The molecule has 0 N–H and O–H groups in total. The Kier molecular flexibility index (Phi) is 3.94. The third kappa shape index (κ3) is 2.93. The molecule has 1 heterocycles. The van der Waals surface area contributed by atoms with E-state index in [4.69, 9.17) is 9.47 Å². The predicted molar refractivity (Wildman–Crippen MR) is 95.2 cm³/mol. The minimum Gasteiger partial charge on any atom is -0.379 e. The normalized spacial score (nSPS) is 39.3. The highest BCUT2D eigenvalue weighted by Gasteiger charge is 2.51. The Hall–Kier alpha value is -0.860. The van der Waals surface area contributed by atoms with Crippen molar-refractivity contribution in [3.8, 4) is 0 Å². The summed E-state index contributed by atoms with van der Waals surface area (Å²) in [4.78, 5) is 0. The maximum absolute atomic E-state index is 5.74. The molecule has 0 aromatic heterocycles. The fourth-order valence-corrected chi connectivity index (χ4v) is 6.44. The number of epoxide rings is 1. The van der Waals surface area contributed by atoms with Gasteiger partial charge in [-0.2, -0.15) is 0 Å². The van der Waals surface area contributed by atoms with Gasteiger partial charge >= 0.3 is 0 Å². The van der Waals surface area contributed by atoms with Crippen LogP contribution in [-0.4, -0.2) is 25.9 Å². The smallest absolute Gasteiger partial charge is 0.104 e. The van der Waals surface area contributed by atoms with Crippen LogP contribution in [0.5, 0.6) is 0 Å². The van der Waals surface area contributed by atoms with Crippen molar-refractivity contribution in [2.45, 2.75) is 62.9 Å². The quantitative estimate of drug-likeness (QED) is 0.543. The van der Waals surface area contributed by atoms with E-state index in [2.05, 4.69) is 24.3 Å². The van der Waals surface area contributed by atoms with Crippen LogP contribution in [0.25, 0.3) is 0 Å². The molecule has 1 aliphatic heterocycles. The third-order valence-electron chi connectivity index (χ3n) is 7.07. The van der Waals surface area contributed by atoms with E-state index in [0.717, 1.165) is 44.0 Å². The molecule has 0 amide bonds. The monoisotopic (exact) mass is 326 g/mol. The molecule has 1 atom stereocenters. The molecule has 2 nitrogen and oxygen atoms in total. The summed E-state index contributed by atoms with van der Waals surface area (Å²) in [6.45, 7) is 2.56. The van der Waals surface area contributed by atoms with E-state index >= 15 is 0 Å². The first kappa shape index (κ1) is 15.4. The van der Waals surface area contributed by atoms with E-state index in [-0.39, 0.29) is 0 Å². The van der Waals surface area contributed by atoms with Gasteiger partial charge in [0.1, 0.15) is 6.10 Å². The lowest BCUT2D eigenvalue weighted by molar-refractivity contribution is -0.00562. The Labute approximate surface area is 145 Å². The van der Waals surface area contributed by atoms with Gasteiger partial charge in [-0.15, -0.1) is 0 Å². The van der Waals surface area contributed by atoms with Gasteiger partial charge in [-0.25, -0.2) is 0 Å². The lowest BCUT2D eigenvalue weighted by Crippen LogP contribution is -2.48. The molecular weight excluding hydrogens is 296 g/mol. The van der Waals surface area contributed by atoms with Gasteiger partial charge in [0.15, 0.2) is 0 Å². The van der Waals surface area contributed by atoms with Crippen molar-refractivity contribution < 1.29 is 9.47 Å². The molecule has 1 saturated heterocycles. The zero-order valence-electron chi connectivity index (χ0n) is 14.7. The SMILES string of the molecule is c1ccc(C23CC4CC(CC(C4)C2)C3)c(CCCOCC2CO2)c1. The first-order chi connectivity index (χ1) is 11.8. The second-order valence-corrected chi connectivity index (χ2v) is 8.99. The van der Waals surface area contributed by atoms with E-state index in [0.29, 0.717) is 11.5 Å². The molecule has 1 unspecified atom stereocenters. The van der Waals surface area contributed by atoms with Gasteiger partial charge in [0, 0.05) is 6.61 Å². The van der Waals surface area contributed by atoms with Gasteiger partial charge in [-0.3, -0.25) is 0 Å². The summed E-state index contributed by atoms with van der Waals surface area (Å²) >= 11 is 0. The Morgan fingerprint density at radius 1 is 1.00 bits per heavy atom. The number of hydrogen-bond donors (Lipinski definition) is 0. The summed E-state index contributed by atoms with van der Waals surface area (Å²) in [5.74, 6) is 3.06. The van der Waals surface area contributed by atoms with Crippen LogP contribution in [0.15, 0.2) is 24.3 Å². The van der Waals surface area contributed by atoms with Crippen LogP contribution < -0.4 is 0 Å². The van der Waals surface area contributed by atoms with Crippen LogP contribution in [0.1, 0.15) is 56.1 Å². The molecule has 2 heteroatoms. The minimum absolute atomic E-state index is 0.393. The van der Waals surface area contributed by atoms with Crippen LogP contribution >= 0.6 is 0 Å². The lowest BCUT2D eigenvalue weighted by Gasteiger charge is -2.57. The maximum atomic E-state index is 5.74. The standard InChI is InChI=1S/C22H30O2/c1-2-6-21(19(4-1)5-3-7-23-14-20-15-24-20)22-11-16-8-17(12-22)10-18(9-16)13-22/h1-2,4,6,16-18,20H,3,5,7-15H2. The molecule has 6 rings (SSSR count). The van der Waals surface area contributed by atoms with Crippen molar-refractivity contribution in [3.05, 3.63) is 35.4 Å². The zero-order chi connectivity index (χ0) is 16.0. The second-order valence-electron chi connectivity index (χ2n) is 8.99. The second kappa shape index (κ2) is 6.14. The molecule has 4 bridgehead atoms. The highest BCUT2D eigenvalue weighted by Crippen LogP contribution is 2.61. The Morgan fingerprint density at radius 3 is 2.33 bits per heavy atom. The Morgan fingerprint density at radius 2 is 1.67 bits per heavy atom. The molecule has 5 fully saturated rings. The van der Waals surface area contributed by atoms with Crippen molar-refractivity contribution in [1.29, 1.82) is 0 Å². The summed E-state index contributed by atoms with van der Waals surface area (Å²) in [5.41, 5.74) is 3.83. The number of hydrogen-bond acceptors (Lipinski definition) is 2. The molecule has 0 spiro atoms. The fourth-order valence-electron chi connectivity index (χ4n) is 6.44. The topological polar surface area (TPSA) is 21.8 Å². The summed E-state index contributed by atoms with van der Waals surface area (Å²) in [6.07, 6.45) is 11.7. The zero-order valence-corrected chi connectivity index (χ0v) is 14.7. The van der Waals surface area contributed by atoms with Gasteiger partial charge in [0.05, 0.1) is 13.2 Å². The highest BCUT2D eigenvalue weighted by molar-refractivity contribution is 5.37. The molecule has 24 heavy (non-hydrogen) atoms. The van der Waals surface area contributed by atoms with Crippen LogP contribution in [0.4, 0.5) is 0 Å². The molecule has 5 aliphatic rings. The van der Waals surface area contributed by atoms with E-state index in [1.54, 1.807) is 11.1 Å². The highest BCUT2D eigenvalue weighted by atomic mass is 16.6. The van der Waals surface area contributed by atoms with Gasteiger partial charge in [0.2, 0.25) is 0 Å². The van der Waals surface area contributed by atoms with Crippen LogP contribution in [0.2, 0.25) is 0 Å². The first-order valence-electron chi connectivity index (χ1n) is 10.1. The van der Waals surface area contributed by atoms with E-state index in [1.807, 2.05) is 0 Å². The Bertz CT molecular complexity index is 554. The van der Waals surface area contributed by atoms with Crippen LogP contribution in [-0.2, 0) is 21.3 Å². The first-order valence-corrected chi connectivity index (χ1v) is 10.1. The van der Waals surface area contributed by atoms with Crippen molar-refractivity contribution in [1.82, 2.24) is 0 Å². The molecule has 1 aromatic rings. The largest absolute Gasteiger partial charge is 0.379 e. The summed E-state index contributed by atoms with van der Waals surface area (Å²) in [6, 6.07) is 9.36. The van der Waals surface area contributed by atoms with Crippen molar-refractivity contribution in [2.24, 2.45) is 17.8 Å². The van der Waals surface area contributed by atoms with E-state index < -0.39 is 0 Å². The number of rotatable bonds is 7. The van der Waals surface area contributed by atoms with Crippen LogP contribution in [0.3, 0.4) is 0 Å². The minimum atomic E-state index is 0.393. The Balaban J connectivity index is 1.29. The number of aryl methyl sites for hydroxylation is 1. The van der Waals surface area contributed by atoms with Gasteiger partial charge in [0.25, 0.3) is 0 Å². The summed E-state index contributed by atoms with van der Waals surface area (Å²) in [7, 11) is 0. The fraction of sp³-hybridized carbons (Fsp3) is 0.727. The summed E-state index contributed by atoms with van der Waals surface area (Å²) < 4.78 is 10.9. The van der Waals surface area contributed by atoms with Crippen LogP contribution in [0, 0.1) is 17.8 Å². The van der Waals surface area contributed by atoms with E-state index in [1.165, 1.54) is 44.9 Å². The van der Waals surface area contributed by atoms with E-state index in [9.17, 15) is 0 Å². The van der Waals surface area contributed by atoms with Crippen molar-refractivity contribution in [2.75, 3.05) is 19.8 Å².